The molecule has 2 amide bonds. The van der Waals surface area contributed by atoms with Crippen molar-refractivity contribution in [2.24, 2.45) is 5.92 Å². The van der Waals surface area contributed by atoms with E-state index in [4.69, 9.17) is 4.74 Å². The van der Waals surface area contributed by atoms with Crippen molar-refractivity contribution in [1.82, 2.24) is 10.2 Å². The maximum Gasteiger partial charge on any atom is 0.416 e. The molecule has 232 valence electrons. The number of carbonyl (C=O) groups excluding carboxylic acids is 2. The van der Waals surface area contributed by atoms with Gasteiger partial charge in [-0.05, 0) is 67.8 Å². The van der Waals surface area contributed by atoms with Crippen molar-refractivity contribution in [3.05, 3.63) is 89.5 Å². The first-order valence-electron chi connectivity index (χ1n) is 13.6. The Hall–Kier alpha value is -4.06. The number of nitrogens with one attached hydrogen (secondary N) is 1. The van der Waals surface area contributed by atoms with Crippen LogP contribution >= 0.6 is 0 Å². The second kappa shape index (κ2) is 13.9. The molecule has 0 aromatic heterocycles. The monoisotopic (exact) mass is 619 g/mol. The Kier molecular flexibility index (Phi) is 10.8. The van der Waals surface area contributed by atoms with Crippen molar-refractivity contribution < 1.29 is 35.9 Å². The molecule has 1 atom stereocenters. The van der Waals surface area contributed by atoms with Gasteiger partial charge in [0, 0.05) is 13.1 Å². The van der Waals surface area contributed by atoms with E-state index in [1.165, 1.54) is 37.1 Å². The summed E-state index contributed by atoms with van der Waals surface area (Å²) in [6.07, 6.45) is -4.75. The molecule has 43 heavy (non-hydrogen) atoms. The van der Waals surface area contributed by atoms with Crippen LogP contribution in [0.15, 0.2) is 77.7 Å². The summed E-state index contributed by atoms with van der Waals surface area (Å²) in [6.45, 7) is 6.49. The predicted octanol–water partition coefficient (Wildman–Crippen LogP) is 5.41. The van der Waals surface area contributed by atoms with Gasteiger partial charge in [0.1, 0.15) is 18.3 Å². The van der Waals surface area contributed by atoms with Gasteiger partial charge in [0.05, 0.1) is 23.3 Å². The number of benzene rings is 3. The number of hydrogen-bond donors (Lipinski definition) is 1. The molecule has 0 bridgehead atoms. The third kappa shape index (κ3) is 8.73. The average molecular weight is 620 g/mol. The number of aryl methyl sites for hydroxylation is 1. The van der Waals surface area contributed by atoms with Crippen LogP contribution in [0.1, 0.15) is 37.5 Å². The number of anilines is 1. The lowest BCUT2D eigenvalue weighted by molar-refractivity contribution is -0.139. The number of rotatable bonds is 12. The van der Waals surface area contributed by atoms with Crippen molar-refractivity contribution in [3.63, 3.8) is 0 Å². The van der Waals surface area contributed by atoms with Crippen LogP contribution in [0.25, 0.3) is 0 Å². The summed E-state index contributed by atoms with van der Waals surface area (Å²) >= 11 is 0. The molecular formula is C31H36F3N3O5S. The van der Waals surface area contributed by atoms with Crippen molar-refractivity contribution >= 4 is 27.5 Å². The van der Waals surface area contributed by atoms with E-state index >= 15 is 0 Å². The molecule has 0 saturated heterocycles. The molecule has 1 N–H and O–H groups in total. The first-order chi connectivity index (χ1) is 20.1. The summed E-state index contributed by atoms with van der Waals surface area (Å²) < 4.78 is 74.5. The second-order valence-corrected chi connectivity index (χ2v) is 12.4. The summed E-state index contributed by atoms with van der Waals surface area (Å²) in [6, 6.07) is 15.3. The fraction of sp³-hybridized carbons (Fsp3) is 0.355. The van der Waals surface area contributed by atoms with E-state index in [1.807, 2.05) is 13.8 Å². The highest BCUT2D eigenvalue weighted by molar-refractivity contribution is 7.92. The average Bonchev–Trinajstić information content (AvgIpc) is 2.96. The molecule has 3 aromatic rings. The zero-order chi connectivity index (χ0) is 31.9. The Balaban J connectivity index is 2.08. The SMILES string of the molecule is COc1cccc(CN(C(=O)CN(c2cccc(C(F)(F)F)c2)S(=O)(=O)c2ccc(C)cc2)[C@H](C)C(=O)NCC(C)C)c1. The van der Waals surface area contributed by atoms with Crippen LogP contribution in [0.5, 0.6) is 5.75 Å². The lowest BCUT2D eigenvalue weighted by Crippen LogP contribution is -2.51. The van der Waals surface area contributed by atoms with Gasteiger partial charge in [0.15, 0.2) is 0 Å². The Morgan fingerprint density at radius 2 is 1.60 bits per heavy atom. The van der Waals surface area contributed by atoms with Crippen LogP contribution in [0, 0.1) is 12.8 Å². The normalized spacial score (nSPS) is 12.5. The van der Waals surface area contributed by atoms with Gasteiger partial charge in [0.25, 0.3) is 10.0 Å². The zero-order valence-electron chi connectivity index (χ0n) is 24.7. The highest BCUT2D eigenvalue weighted by Gasteiger charge is 2.35. The van der Waals surface area contributed by atoms with Gasteiger partial charge < -0.3 is 15.0 Å². The van der Waals surface area contributed by atoms with Gasteiger partial charge in [-0.2, -0.15) is 13.2 Å². The van der Waals surface area contributed by atoms with Gasteiger partial charge in [-0.3, -0.25) is 13.9 Å². The fourth-order valence-electron chi connectivity index (χ4n) is 4.21. The van der Waals surface area contributed by atoms with Crippen molar-refractivity contribution in [2.45, 2.75) is 51.4 Å². The maximum absolute atomic E-state index is 14.0. The summed E-state index contributed by atoms with van der Waals surface area (Å²) in [5.74, 6) is -0.607. The number of carbonyl (C=O) groups is 2. The van der Waals surface area contributed by atoms with Crippen LogP contribution in [0.4, 0.5) is 18.9 Å². The molecule has 8 nitrogen and oxygen atoms in total. The van der Waals surface area contributed by atoms with Crippen LogP contribution < -0.4 is 14.4 Å². The Bertz CT molecular complexity index is 1530. The molecule has 0 fully saturated rings. The Labute approximate surface area is 250 Å². The number of hydrogen-bond acceptors (Lipinski definition) is 5. The molecule has 0 aliphatic rings. The van der Waals surface area contributed by atoms with Gasteiger partial charge in [-0.15, -0.1) is 0 Å². The molecule has 3 aromatic carbocycles. The van der Waals surface area contributed by atoms with E-state index in [9.17, 15) is 31.2 Å². The molecule has 0 aliphatic carbocycles. The van der Waals surface area contributed by atoms with E-state index < -0.39 is 46.2 Å². The molecule has 0 unspecified atom stereocenters. The largest absolute Gasteiger partial charge is 0.497 e. The topological polar surface area (TPSA) is 96.0 Å². The van der Waals surface area contributed by atoms with Gasteiger partial charge >= 0.3 is 6.18 Å². The lowest BCUT2D eigenvalue weighted by Gasteiger charge is -2.32. The molecule has 0 spiro atoms. The van der Waals surface area contributed by atoms with Crippen molar-refractivity contribution in [1.29, 1.82) is 0 Å². The van der Waals surface area contributed by atoms with E-state index in [0.717, 1.165) is 17.7 Å². The first kappa shape index (κ1) is 33.4. The molecule has 0 saturated carbocycles. The molecule has 0 radical (unpaired) electrons. The summed E-state index contributed by atoms with van der Waals surface area (Å²) in [7, 11) is -3.04. The maximum atomic E-state index is 14.0. The number of alkyl halides is 3. The number of sulfonamides is 1. The minimum Gasteiger partial charge on any atom is -0.497 e. The fourth-order valence-corrected chi connectivity index (χ4v) is 5.61. The van der Waals surface area contributed by atoms with E-state index in [0.29, 0.717) is 28.2 Å². The molecule has 12 heteroatoms. The van der Waals surface area contributed by atoms with Crippen LogP contribution in [-0.4, -0.2) is 51.4 Å². The Morgan fingerprint density at radius 1 is 0.953 bits per heavy atom. The van der Waals surface area contributed by atoms with Gasteiger partial charge in [-0.25, -0.2) is 8.42 Å². The minimum atomic E-state index is -4.75. The van der Waals surface area contributed by atoms with Gasteiger partial charge in [0.2, 0.25) is 11.8 Å². The molecular weight excluding hydrogens is 583 g/mol. The number of methoxy groups -OCH3 is 1. The van der Waals surface area contributed by atoms with Crippen molar-refractivity contribution in [2.75, 3.05) is 24.5 Å². The lowest BCUT2D eigenvalue weighted by atomic mass is 10.1. The van der Waals surface area contributed by atoms with Crippen molar-refractivity contribution in [3.8, 4) is 5.75 Å². The summed E-state index contributed by atoms with van der Waals surface area (Å²) in [4.78, 5) is 28.1. The van der Waals surface area contributed by atoms with Gasteiger partial charge in [-0.1, -0.05) is 49.7 Å². The number of nitrogens with zero attached hydrogens (tertiary/aromatic N) is 2. The molecule has 0 aliphatic heterocycles. The smallest absolute Gasteiger partial charge is 0.416 e. The molecule has 0 heterocycles. The standard InChI is InChI=1S/C31H36F3N3O5S/c1-21(2)18-35-30(39)23(4)36(19-24-8-6-11-27(16-24)42-5)29(38)20-37(26-10-7-9-25(17-26)31(32,33)34)43(40,41)28-14-12-22(3)13-15-28/h6-17,21,23H,18-20H2,1-5H3,(H,35,39)/t23-/m1/s1. The van der Waals surface area contributed by atoms with Crippen LogP contribution in [0.2, 0.25) is 0 Å². The highest BCUT2D eigenvalue weighted by atomic mass is 32.2. The molecule has 3 rings (SSSR count). The Morgan fingerprint density at radius 3 is 2.21 bits per heavy atom. The summed E-state index contributed by atoms with van der Waals surface area (Å²) in [5.41, 5.74) is -0.0484. The number of ether oxygens (including phenoxy) is 1. The minimum absolute atomic E-state index is 0.0900. The summed E-state index contributed by atoms with van der Waals surface area (Å²) in [5, 5.41) is 2.78. The van der Waals surface area contributed by atoms with E-state index in [-0.39, 0.29) is 23.0 Å². The predicted molar refractivity (Wildman–Crippen MR) is 158 cm³/mol. The number of amides is 2. The zero-order valence-corrected chi connectivity index (χ0v) is 25.5. The quantitative estimate of drug-likeness (QED) is 0.293. The third-order valence-electron chi connectivity index (χ3n) is 6.69. The first-order valence-corrected chi connectivity index (χ1v) is 15.0. The second-order valence-electron chi connectivity index (χ2n) is 10.6. The number of halogens is 3. The van der Waals surface area contributed by atoms with E-state index in [1.54, 1.807) is 43.3 Å². The van der Waals surface area contributed by atoms with Crippen LogP contribution in [0.3, 0.4) is 0 Å². The highest BCUT2D eigenvalue weighted by Crippen LogP contribution is 2.33. The third-order valence-corrected chi connectivity index (χ3v) is 8.48. The van der Waals surface area contributed by atoms with Crippen LogP contribution in [-0.2, 0) is 32.3 Å². The van der Waals surface area contributed by atoms with E-state index in [2.05, 4.69) is 5.32 Å².